The van der Waals surface area contributed by atoms with Crippen LogP contribution in [0, 0.1) is 0 Å². The molecule has 1 aromatic carbocycles. The Morgan fingerprint density at radius 1 is 1.00 bits per heavy atom. The van der Waals surface area contributed by atoms with Crippen LogP contribution in [0.3, 0.4) is 0 Å². The monoisotopic (exact) mass is 230 g/mol. The second-order valence-corrected chi connectivity index (χ2v) is 5.16. The molecule has 2 heteroatoms. The number of para-hydroxylation sites is 1. The van der Waals surface area contributed by atoms with Crippen LogP contribution in [0.2, 0.25) is 0 Å². The first-order valence-electron chi connectivity index (χ1n) is 6.19. The van der Waals surface area contributed by atoms with Gasteiger partial charge in [-0.1, -0.05) is 39.8 Å². The topological polar surface area (TPSA) is 24.1 Å². The molecule has 17 heavy (non-hydrogen) atoms. The number of nitrogens with zero attached hydrogens (tertiary/aromatic N) is 1. The van der Waals surface area contributed by atoms with Crippen molar-refractivity contribution in [3.63, 3.8) is 0 Å². The average molecular weight is 230 g/mol. The molecule has 0 aliphatic carbocycles. The van der Waals surface area contributed by atoms with Crippen LogP contribution in [0.5, 0.6) is 0 Å². The second-order valence-electron chi connectivity index (χ2n) is 5.16. The first-order chi connectivity index (χ1) is 8.02. The Morgan fingerprint density at radius 2 is 1.65 bits per heavy atom. The molecule has 0 unspecified atom stereocenters. The highest BCUT2D eigenvalue weighted by molar-refractivity contribution is 5.76. The lowest BCUT2D eigenvalue weighted by atomic mass is 9.94. The van der Waals surface area contributed by atoms with E-state index in [-0.39, 0.29) is 0 Å². The molecular weight excluding hydrogens is 210 g/mol. The molecule has 0 aliphatic rings. The normalized spacial score (nSPS) is 11.6. The van der Waals surface area contributed by atoms with Crippen LogP contribution in [0.15, 0.2) is 30.3 Å². The summed E-state index contributed by atoms with van der Waals surface area (Å²) in [5, 5.41) is 11.5. The maximum atomic E-state index is 10.4. The molecule has 2 nitrogen and oxygen atoms in total. The number of hydrogen-bond acceptors (Lipinski definition) is 1. The molecule has 0 saturated carbocycles. The van der Waals surface area contributed by atoms with E-state index in [1.807, 2.05) is 24.3 Å². The highest BCUT2D eigenvalue weighted by Crippen LogP contribution is 2.26. The molecule has 0 aliphatic heterocycles. The SMILES string of the molecule is CC(C)c1cc2ccccc2[n+](O)c1C(C)C. The summed E-state index contributed by atoms with van der Waals surface area (Å²) in [6.45, 7) is 8.55. The fraction of sp³-hybridized carbons (Fsp3) is 0.400. The third-order valence-corrected chi connectivity index (χ3v) is 3.17. The Morgan fingerprint density at radius 3 is 2.24 bits per heavy atom. The van der Waals surface area contributed by atoms with Crippen molar-refractivity contribution in [1.29, 1.82) is 0 Å². The lowest BCUT2D eigenvalue weighted by Crippen LogP contribution is -2.38. The predicted molar refractivity (Wildman–Crippen MR) is 69.5 cm³/mol. The largest absolute Gasteiger partial charge is 0.284 e. The molecule has 2 rings (SSSR count). The van der Waals surface area contributed by atoms with E-state index < -0.39 is 0 Å². The maximum Gasteiger partial charge on any atom is 0.264 e. The minimum Gasteiger partial charge on any atom is -0.284 e. The van der Waals surface area contributed by atoms with Crippen molar-refractivity contribution in [3.8, 4) is 0 Å². The van der Waals surface area contributed by atoms with Gasteiger partial charge in [0.25, 0.3) is 5.52 Å². The van der Waals surface area contributed by atoms with Gasteiger partial charge in [-0.25, -0.2) is 0 Å². The van der Waals surface area contributed by atoms with Gasteiger partial charge in [-0.3, -0.25) is 5.21 Å². The lowest BCUT2D eigenvalue weighted by molar-refractivity contribution is -0.890. The van der Waals surface area contributed by atoms with Crippen molar-refractivity contribution in [2.24, 2.45) is 0 Å². The fourth-order valence-corrected chi connectivity index (χ4v) is 2.34. The van der Waals surface area contributed by atoms with Crippen molar-refractivity contribution in [3.05, 3.63) is 41.6 Å². The van der Waals surface area contributed by atoms with Crippen LogP contribution in [-0.4, -0.2) is 5.21 Å². The molecule has 0 atom stereocenters. The Labute approximate surface area is 102 Å². The van der Waals surface area contributed by atoms with E-state index in [1.165, 1.54) is 10.3 Å². The van der Waals surface area contributed by atoms with Crippen LogP contribution in [0.25, 0.3) is 10.9 Å². The molecule has 0 bridgehead atoms. The molecule has 0 radical (unpaired) electrons. The molecule has 0 saturated heterocycles. The summed E-state index contributed by atoms with van der Waals surface area (Å²) in [6, 6.07) is 10.1. The summed E-state index contributed by atoms with van der Waals surface area (Å²) in [5.74, 6) is 0.720. The number of aromatic nitrogens is 1. The summed E-state index contributed by atoms with van der Waals surface area (Å²) < 4.78 is 1.36. The number of fused-ring (bicyclic) bond motifs is 1. The molecule has 90 valence electrons. The van der Waals surface area contributed by atoms with E-state index >= 15 is 0 Å². The zero-order valence-electron chi connectivity index (χ0n) is 10.9. The quantitative estimate of drug-likeness (QED) is 0.618. The fourth-order valence-electron chi connectivity index (χ4n) is 2.34. The second kappa shape index (κ2) is 4.36. The van der Waals surface area contributed by atoms with Gasteiger partial charge in [0.1, 0.15) is 0 Å². The van der Waals surface area contributed by atoms with Crippen molar-refractivity contribution in [1.82, 2.24) is 0 Å². The molecule has 1 aromatic heterocycles. The third-order valence-electron chi connectivity index (χ3n) is 3.17. The Kier molecular flexibility index (Phi) is 3.05. The number of hydrogen-bond donors (Lipinski definition) is 1. The lowest BCUT2D eigenvalue weighted by Gasteiger charge is -2.12. The van der Waals surface area contributed by atoms with Gasteiger partial charge in [0.2, 0.25) is 5.69 Å². The zero-order valence-corrected chi connectivity index (χ0v) is 10.9. The number of pyridine rings is 1. The van der Waals surface area contributed by atoms with Crippen molar-refractivity contribution in [2.75, 3.05) is 0 Å². The first kappa shape index (κ1) is 11.9. The smallest absolute Gasteiger partial charge is 0.264 e. The summed E-state index contributed by atoms with van der Waals surface area (Å²) in [7, 11) is 0. The molecule has 0 fully saturated rings. The predicted octanol–water partition coefficient (Wildman–Crippen LogP) is 3.61. The van der Waals surface area contributed by atoms with E-state index in [0.29, 0.717) is 11.8 Å². The Hall–Kier alpha value is -1.57. The molecule has 1 N–H and O–H groups in total. The number of rotatable bonds is 2. The maximum absolute atomic E-state index is 10.4. The van der Waals surface area contributed by atoms with Gasteiger partial charge in [-0.2, -0.15) is 0 Å². The average Bonchev–Trinajstić information content (AvgIpc) is 2.28. The van der Waals surface area contributed by atoms with Crippen molar-refractivity contribution < 1.29 is 9.94 Å². The minimum absolute atomic E-state index is 0.307. The molecule has 0 spiro atoms. The highest BCUT2D eigenvalue weighted by Gasteiger charge is 2.25. The van der Waals surface area contributed by atoms with Crippen LogP contribution in [0.1, 0.15) is 50.8 Å². The van der Waals surface area contributed by atoms with E-state index in [0.717, 1.165) is 16.6 Å². The van der Waals surface area contributed by atoms with Crippen LogP contribution < -0.4 is 4.73 Å². The standard InChI is InChI=1S/C15H20NO/c1-10(2)13-9-12-7-5-6-8-14(12)16(17)15(13)11(3)4/h5-11,17H,1-4H3/q+1. The minimum atomic E-state index is 0.307. The number of benzene rings is 1. The van der Waals surface area contributed by atoms with E-state index in [2.05, 4.69) is 33.8 Å². The third kappa shape index (κ3) is 1.99. The van der Waals surface area contributed by atoms with Crippen LogP contribution in [-0.2, 0) is 0 Å². The first-order valence-corrected chi connectivity index (χ1v) is 6.19. The van der Waals surface area contributed by atoms with Gasteiger partial charge in [-0.15, -0.1) is 0 Å². The molecule has 1 heterocycles. The van der Waals surface area contributed by atoms with Crippen LogP contribution >= 0.6 is 0 Å². The highest BCUT2D eigenvalue weighted by atomic mass is 16.5. The summed E-state index contributed by atoms with van der Waals surface area (Å²) in [4.78, 5) is 0. The Balaban J connectivity index is 2.84. The van der Waals surface area contributed by atoms with E-state index in [1.54, 1.807) is 0 Å². The van der Waals surface area contributed by atoms with Gasteiger partial charge >= 0.3 is 0 Å². The zero-order chi connectivity index (χ0) is 12.6. The van der Waals surface area contributed by atoms with Crippen LogP contribution in [0.4, 0.5) is 0 Å². The van der Waals surface area contributed by atoms with Gasteiger partial charge in [0.15, 0.2) is 0 Å². The van der Waals surface area contributed by atoms with Gasteiger partial charge in [-0.05, 0) is 18.1 Å². The molecular formula is C15H20NO+. The van der Waals surface area contributed by atoms with E-state index in [4.69, 9.17) is 0 Å². The summed E-state index contributed by atoms with van der Waals surface area (Å²) >= 11 is 0. The van der Waals surface area contributed by atoms with Crippen molar-refractivity contribution in [2.45, 2.75) is 39.5 Å². The Bertz CT molecular complexity index is 544. The summed E-state index contributed by atoms with van der Waals surface area (Å²) in [5.41, 5.74) is 3.11. The molecule has 0 amide bonds. The van der Waals surface area contributed by atoms with Gasteiger partial charge in [0, 0.05) is 22.3 Å². The van der Waals surface area contributed by atoms with E-state index in [9.17, 15) is 5.21 Å². The van der Waals surface area contributed by atoms with Gasteiger partial charge in [0.05, 0.1) is 5.39 Å². The van der Waals surface area contributed by atoms with Crippen molar-refractivity contribution >= 4 is 10.9 Å². The summed E-state index contributed by atoms with van der Waals surface area (Å²) in [6.07, 6.45) is 0. The van der Waals surface area contributed by atoms with Gasteiger partial charge < -0.3 is 0 Å². The molecule has 2 aromatic rings.